The van der Waals surface area contributed by atoms with Crippen molar-refractivity contribution in [3.8, 4) is 5.13 Å². The lowest BCUT2D eigenvalue weighted by Gasteiger charge is -2.23. The molecule has 3 aromatic heterocycles. The van der Waals surface area contributed by atoms with Crippen LogP contribution in [0.5, 0.6) is 0 Å². The molecule has 3 aromatic rings. The Morgan fingerprint density at radius 2 is 2.19 bits per heavy atom. The number of rotatable bonds is 6. The van der Waals surface area contributed by atoms with Crippen molar-refractivity contribution >= 4 is 34.8 Å². The normalized spacial score (nSPS) is 15.5. The molecule has 0 fully saturated rings. The molecule has 3 heterocycles. The molecule has 1 atom stereocenters. The van der Waals surface area contributed by atoms with Gasteiger partial charge in [-0.2, -0.15) is 5.10 Å². The predicted octanol–water partition coefficient (Wildman–Crippen LogP) is 3.04. The number of aromatic amines is 1. The van der Waals surface area contributed by atoms with Crippen molar-refractivity contribution in [2.75, 3.05) is 6.61 Å². The van der Waals surface area contributed by atoms with E-state index in [0.717, 1.165) is 29.8 Å². The number of hydrogen-bond donors (Lipinski definition) is 2. The number of esters is 1. The number of H-pyrrole nitrogens is 1. The van der Waals surface area contributed by atoms with Gasteiger partial charge < -0.3 is 15.0 Å². The van der Waals surface area contributed by atoms with Crippen LogP contribution in [-0.2, 0) is 24.0 Å². The summed E-state index contributed by atoms with van der Waals surface area (Å²) in [5, 5.41) is 8.49. The Morgan fingerprint density at radius 3 is 2.90 bits per heavy atom. The maximum absolute atomic E-state index is 12.6. The van der Waals surface area contributed by atoms with E-state index in [-0.39, 0.29) is 23.7 Å². The van der Waals surface area contributed by atoms with Gasteiger partial charge in [-0.05, 0) is 45.1 Å². The zero-order valence-electron chi connectivity index (χ0n) is 17.5. The number of imidazole rings is 1. The van der Waals surface area contributed by atoms with Crippen molar-refractivity contribution in [2.24, 2.45) is 0 Å². The average Bonchev–Trinajstić information content (AvgIpc) is 3.44. The molecule has 0 spiro atoms. The van der Waals surface area contributed by atoms with Gasteiger partial charge in [0.2, 0.25) is 5.13 Å². The minimum atomic E-state index is -0.364. The Balaban J connectivity index is 1.48. The van der Waals surface area contributed by atoms with Crippen LogP contribution in [0.2, 0.25) is 5.15 Å². The standard InChI is InChI=1S/C20H23ClN6O3S/c1-4-13-16(21)26-17(25-13)18(28)24-12-6-7-14-11(8-12)9-22-27(14)20-23-10(3)15(31-20)19(29)30-5-2/h9,12H,4-8H2,1-3H3,(H,24,28)(H,25,26). The van der Waals surface area contributed by atoms with E-state index in [2.05, 4.69) is 25.4 Å². The SMILES string of the molecule is CCOC(=O)c1sc(-n2ncc3c2CCC(NC(=O)c2nc(Cl)c(CC)[nH]2)C3)nc1C. The molecular formula is C20H23ClN6O3S. The van der Waals surface area contributed by atoms with Crippen LogP contribution in [0.4, 0.5) is 0 Å². The second kappa shape index (κ2) is 8.80. The van der Waals surface area contributed by atoms with Crippen molar-refractivity contribution < 1.29 is 14.3 Å². The molecule has 0 saturated carbocycles. The quantitative estimate of drug-likeness (QED) is 0.544. The van der Waals surface area contributed by atoms with E-state index in [0.29, 0.717) is 40.3 Å². The smallest absolute Gasteiger partial charge is 0.350 e. The second-order valence-corrected chi connectivity index (χ2v) is 8.62. The Hall–Kier alpha value is -2.72. The van der Waals surface area contributed by atoms with E-state index in [9.17, 15) is 9.59 Å². The van der Waals surface area contributed by atoms with Crippen LogP contribution >= 0.6 is 22.9 Å². The van der Waals surface area contributed by atoms with Gasteiger partial charge in [0, 0.05) is 6.04 Å². The molecule has 0 aromatic carbocycles. The number of nitrogens with zero attached hydrogens (tertiary/aromatic N) is 4. The first kappa shape index (κ1) is 21.5. The molecule has 164 valence electrons. The number of carbonyl (C=O) groups is 2. The molecule has 2 N–H and O–H groups in total. The van der Waals surface area contributed by atoms with Crippen molar-refractivity contribution in [1.29, 1.82) is 0 Å². The number of aromatic nitrogens is 5. The van der Waals surface area contributed by atoms with Gasteiger partial charge in [0.05, 0.1) is 29.9 Å². The minimum absolute atomic E-state index is 0.0280. The first-order valence-electron chi connectivity index (χ1n) is 10.2. The Labute approximate surface area is 188 Å². The molecule has 1 aliphatic carbocycles. The zero-order valence-corrected chi connectivity index (χ0v) is 19.1. The molecule has 0 aliphatic heterocycles. The molecule has 0 radical (unpaired) electrons. The van der Waals surface area contributed by atoms with Gasteiger partial charge in [0.15, 0.2) is 11.0 Å². The first-order chi connectivity index (χ1) is 14.9. The van der Waals surface area contributed by atoms with Crippen molar-refractivity contribution in [1.82, 2.24) is 30.0 Å². The summed E-state index contributed by atoms with van der Waals surface area (Å²) in [6.45, 7) is 5.83. The van der Waals surface area contributed by atoms with Gasteiger partial charge >= 0.3 is 5.97 Å². The Bertz CT molecular complexity index is 1130. The third kappa shape index (κ3) is 4.22. The molecule has 1 amide bonds. The highest BCUT2D eigenvalue weighted by Gasteiger charge is 2.27. The van der Waals surface area contributed by atoms with Gasteiger partial charge in [0.1, 0.15) is 4.88 Å². The number of nitrogens with one attached hydrogen (secondary N) is 2. The molecule has 31 heavy (non-hydrogen) atoms. The monoisotopic (exact) mass is 462 g/mol. The van der Waals surface area contributed by atoms with Crippen LogP contribution in [0.25, 0.3) is 5.13 Å². The number of aryl methyl sites for hydroxylation is 2. The fourth-order valence-corrected chi connectivity index (χ4v) is 4.86. The number of amides is 1. The Morgan fingerprint density at radius 1 is 1.39 bits per heavy atom. The van der Waals surface area contributed by atoms with E-state index in [1.165, 1.54) is 11.3 Å². The lowest BCUT2D eigenvalue weighted by molar-refractivity contribution is 0.0531. The van der Waals surface area contributed by atoms with Gasteiger partial charge in [-0.1, -0.05) is 29.9 Å². The van der Waals surface area contributed by atoms with E-state index < -0.39 is 0 Å². The zero-order chi connectivity index (χ0) is 22.1. The van der Waals surface area contributed by atoms with Gasteiger partial charge in [-0.15, -0.1) is 0 Å². The molecule has 9 nitrogen and oxygen atoms in total. The largest absolute Gasteiger partial charge is 0.462 e. The molecule has 1 unspecified atom stereocenters. The number of carbonyl (C=O) groups excluding carboxylic acids is 2. The van der Waals surface area contributed by atoms with E-state index >= 15 is 0 Å². The van der Waals surface area contributed by atoms with E-state index in [1.807, 2.05) is 6.92 Å². The minimum Gasteiger partial charge on any atom is -0.462 e. The summed E-state index contributed by atoms with van der Waals surface area (Å²) in [7, 11) is 0. The number of fused-ring (bicyclic) bond motifs is 1. The Kier molecular flexibility index (Phi) is 6.10. The third-order valence-electron chi connectivity index (χ3n) is 5.21. The fraction of sp³-hybridized carbons (Fsp3) is 0.450. The summed E-state index contributed by atoms with van der Waals surface area (Å²) < 4.78 is 6.89. The predicted molar refractivity (Wildman–Crippen MR) is 116 cm³/mol. The van der Waals surface area contributed by atoms with Gasteiger partial charge in [-0.3, -0.25) is 4.79 Å². The molecule has 4 rings (SSSR count). The van der Waals surface area contributed by atoms with Crippen molar-refractivity contribution in [3.63, 3.8) is 0 Å². The summed E-state index contributed by atoms with van der Waals surface area (Å²) in [4.78, 5) is 36.7. The van der Waals surface area contributed by atoms with Gasteiger partial charge in [0.25, 0.3) is 5.91 Å². The summed E-state index contributed by atoms with van der Waals surface area (Å²) in [6.07, 6.45) is 4.62. The lowest BCUT2D eigenvalue weighted by atomic mass is 9.93. The topological polar surface area (TPSA) is 115 Å². The summed E-state index contributed by atoms with van der Waals surface area (Å²) in [5.74, 6) is -0.401. The highest BCUT2D eigenvalue weighted by Crippen LogP contribution is 2.28. The molecular weight excluding hydrogens is 440 g/mol. The first-order valence-corrected chi connectivity index (χ1v) is 11.4. The molecule has 1 aliphatic rings. The fourth-order valence-electron chi connectivity index (χ4n) is 3.65. The van der Waals surface area contributed by atoms with E-state index in [4.69, 9.17) is 16.3 Å². The van der Waals surface area contributed by atoms with Crippen molar-refractivity contribution in [3.05, 3.63) is 44.7 Å². The molecule has 11 heteroatoms. The van der Waals surface area contributed by atoms with Crippen LogP contribution in [0.3, 0.4) is 0 Å². The third-order valence-corrected chi connectivity index (χ3v) is 6.64. The van der Waals surface area contributed by atoms with Crippen molar-refractivity contribution in [2.45, 2.75) is 52.5 Å². The van der Waals surface area contributed by atoms with Crippen LogP contribution in [0, 0.1) is 6.92 Å². The summed E-state index contributed by atoms with van der Waals surface area (Å²) >= 11 is 7.32. The number of thiazole rings is 1. The van der Waals surface area contributed by atoms with Gasteiger partial charge in [-0.25, -0.2) is 19.4 Å². The highest BCUT2D eigenvalue weighted by atomic mass is 35.5. The van der Waals surface area contributed by atoms with Crippen LogP contribution in [0.1, 0.15) is 63.2 Å². The number of hydrogen-bond acceptors (Lipinski definition) is 7. The molecule has 0 saturated heterocycles. The lowest BCUT2D eigenvalue weighted by Crippen LogP contribution is -2.39. The van der Waals surface area contributed by atoms with Crippen LogP contribution < -0.4 is 5.32 Å². The average molecular weight is 463 g/mol. The maximum Gasteiger partial charge on any atom is 0.350 e. The van der Waals surface area contributed by atoms with Crippen LogP contribution in [0.15, 0.2) is 6.20 Å². The van der Waals surface area contributed by atoms with Crippen LogP contribution in [-0.4, -0.2) is 49.3 Å². The maximum atomic E-state index is 12.6. The summed E-state index contributed by atoms with van der Waals surface area (Å²) in [5.41, 5.74) is 3.48. The number of halogens is 1. The second-order valence-electron chi connectivity index (χ2n) is 7.28. The number of ether oxygens (including phenoxy) is 1. The molecule has 0 bridgehead atoms. The summed E-state index contributed by atoms with van der Waals surface area (Å²) in [6, 6.07) is -0.0280. The highest BCUT2D eigenvalue weighted by molar-refractivity contribution is 7.16. The van der Waals surface area contributed by atoms with E-state index in [1.54, 1.807) is 24.7 Å².